The molecular weight excluding hydrogens is 224 g/mol. The van der Waals surface area contributed by atoms with Gasteiger partial charge in [0.05, 0.1) is 12.8 Å². The van der Waals surface area contributed by atoms with Gasteiger partial charge >= 0.3 is 0 Å². The lowest BCUT2D eigenvalue weighted by atomic mass is 10.1. The molecule has 4 heteroatoms. The molecule has 1 unspecified atom stereocenters. The zero-order valence-corrected chi connectivity index (χ0v) is 10.6. The van der Waals surface area contributed by atoms with Crippen molar-refractivity contribution in [3.8, 4) is 5.75 Å². The SMILES string of the molecule is COc1ccc(Cl)c2c1NC(CN(C)C)C2. The minimum atomic E-state index is 0.416. The van der Waals surface area contributed by atoms with Crippen molar-refractivity contribution in [3.05, 3.63) is 22.7 Å². The van der Waals surface area contributed by atoms with Crippen LogP contribution in [-0.4, -0.2) is 38.7 Å². The monoisotopic (exact) mass is 240 g/mol. The Hall–Kier alpha value is -0.930. The first-order valence-corrected chi connectivity index (χ1v) is 5.76. The minimum Gasteiger partial charge on any atom is -0.495 e. The molecule has 1 aromatic carbocycles. The third kappa shape index (κ3) is 2.11. The van der Waals surface area contributed by atoms with Crippen LogP contribution in [0.15, 0.2) is 12.1 Å². The average molecular weight is 241 g/mol. The lowest BCUT2D eigenvalue weighted by molar-refractivity contribution is 0.385. The Morgan fingerprint density at radius 2 is 2.25 bits per heavy atom. The molecule has 1 atom stereocenters. The van der Waals surface area contributed by atoms with Crippen LogP contribution >= 0.6 is 11.6 Å². The quantitative estimate of drug-likeness (QED) is 0.877. The van der Waals surface area contributed by atoms with E-state index in [-0.39, 0.29) is 0 Å². The van der Waals surface area contributed by atoms with Gasteiger partial charge in [-0.2, -0.15) is 0 Å². The number of hydrogen-bond acceptors (Lipinski definition) is 3. The van der Waals surface area contributed by atoms with E-state index in [1.165, 1.54) is 5.56 Å². The molecule has 0 radical (unpaired) electrons. The number of halogens is 1. The highest BCUT2D eigenvalue weighted by Crippen LogP contribution is 2.39. The van der Waals surface area contributed by atoms with Crippen molar-refractivity contribution in [3.63, 3.8) is 0 Å². The molecule has 0 aliphatic carbocycles. The number of benzene rings is 1. The second kappa shape index (κ2) is 4.52. The van der Waals surface area contributed by atoms with Crippen LogP contribution in [0, 0.1) is 0 Å². The predicted molar refractivity (Wildman–Crippen MR) is 67.7 cm³/mol. The van der Waals surface area contributed by atoms with E-state index in [2.05, 4.69) is 24.3 Å². The summed E-state index contributed by atoms with van der Waals surface area (Å²) in [5, 5.41) is 4.30. The molecular formula is C12H17ClN2O. The number of rotatable bonds is 3. The van der Waals surface area contributed by atoms with Crippen LogP contribution in [0.4, 0.5) is 5.69 Å². The van der Waals surface area contributed by atoms with Crippen LogP contribution in [-0.2, 0) is 6.42 Å². The third-order valence-corrected chi connectivity index (χ3v) is 3.18. The number of nitrogens with zero attached hydrogens (tertiary/aromatic N) is 1. The van der Waals surface area contributed by atoms with Crippen LogP contribution in [0.3, 0.4) is 0 Å². The molecule has 0 fully saturated rings. The lowest BCUT2D eigenvalue weighted by Crippen LogP contribution is -2.30. The van der Waals surface area contributed by atoms with Gasteiger partial charge < -0.3 is 15.0 Å². The fourth-order valence-electron chi connectivity index (χ4n) is 2.18. The topological polar surface area (TPSA) is 24.5 Å². The van der Waals surface area contributed by atoms with Crippen molar-refractivity contribution < 1.29 is 4.74 Å². The van der Waals surface area contributed by atoms with Crippen molar-refractivity contribution >= 4 is 17.3 Å². The van der Waals surface area contributed by atoms with Gasteiger partial charge in [0.1, 0.15) is 5.75 Å². The Balaban J connectivity index is 2.25. The van der Waals surface area contributed by atoms with Gasteiger partial charge in [0.2, 0.25) is 0 Å². The van der Waals surface area contributed by atoms with Crippen molar-refractivity contribution in [1.82, 2.24) is 4.90 Å². The van der Waals surface area contributed by atoms with Gasteiger partial charge in [-0.1, -0.05) is 11.6 Å². The smallest absolute Gasteiger partial charge is 0.142 e. The van der Waals surface area contributed by atoms with E-state index < -0.39 is 0 Å². The van der Waals surface area contributed by atoms with Crippen molar-refractivity contribution in [1.29, 1.82) is 0 Å². The van der Waals surface area contributed by atoms with Crippen LogP contribution < -0.4 is 10.1 Å². The molecule has 1 aliphatic heterocycles. The number of fused-ring (bicyclic) bond motifs is 1. The second-order valence-corrected chi connectivity index (χ2v) is 4.82. The predicted octanol–water partition coefficient (Wildman–Crippen LogP) is 2.25. The molecule has 0 bridgehead atoms. The Morgan fingerprint density at radius 1 is 1.50 bits per heavy atom. The molecule has 1 N–H and O–H groups in total. The largest absolute Gasteiger partial charge is 0.495 e. The number of methoxy groups -OCH3 is 1. The van der Waals surface area contributed by atoms with Gasteiger partial charge in [0.25, 0.3) is 0 Å². The van der Waals surface area contributed by atoms with Gasteiger partial charge in [0.15, 0.2) is 0 Å². The summed E-state index contributed by atoms with van der Waals surface area (Å²) in [6, 6.07) is 4.23. The first-order chi connectivity index (χ1) is 7.61. The van der Waals surface area contributed by atoms with E-state index in [1.807, 2.05) is 12.1 Å². The van der Waals surface area contributed by atoms with E-state index in [0.717, 1.165) is 29.4 Å². The summed E-state index contributed by atoms with van der Waals surface area (Å²) in [6.45, 7) is 0.994. The Labute approximate surface area is 101 Å². The molecule has 2 rings (SSSR count). The number of ether oxygens (including phenoxy) is 1. The zero-order valence-electron chi connectivity index (χ0n) is 9.88. The van der Waals surface area contributed by atoms with Gasteiger partial charge in [0, 0.05) is 17.6 Å². The molecule has 3 nitrogen and oxygen atoms in total. The normalized spacial score (nSPS) is 18.4. The maximum atomic E-state index is 6.19. The highest BCUT2D eigenvalue weighted by atomic mass is 35.5. The summed E-state index contributed by atoms with van der Waals surface area (Å²) < 4.78 is 5.33. The Bertz CT molecular complexity index is 393. The molecule has 88 valence electrons. The highest BCUT2D eigenvalue weighted by molar-refractivity contribution is 6.32. The van der Waals surface area contributed by atoms with Gasteiger partial charge in [-0.05, 0) is 38.2 Å². The van der Waals surface area contributed by atoms with Crippen molar-refractivity contribution in [2.24, 2.45) is 0 Å². The summed E-state index contributed by atoms with van der Waals surface area (Å²) in [5.74, 6) is 0.876. The van der Waals surface area contributed by atoms with E-state index in [1.54, 1.807) is 7.11 Å². The van der Waals surface area contributed by atoms with E-state index in [0.29, 0.717) is 6.04 Å². The van der Waals surface area contributed by atoms with E-state index in [4.69, 9.17) is 16.3 Å². The summed E-state index contributed by atoms with van der Waals surface area (Å²) in [6.07, 6.45) is 0.962. The van der Waals surface area contributed by atoms with Gasteiger partial charge in [-0.15, -0.1) is 0 Å². The Kier molecular flexibility index (Phi) is 3.26. The lowest BCUT2D eigenvalue weighted by Gasteiger charge is -2.17. The summed E-state index contributed by atoms with van der Waals surface area (Å²) in [4.78, 5) is 2.17. The van der Waals surface area contributed by atoms with Gasteiger partial charge in [-0.3, -0.25) is 0 Å². The molecule has 0 aromatic heterocycles. The maximum Gasteiger partial charge on any atom is 0.142 e. The van der Waals surface area contributed by atoms with E-state index >= 15 is 0 Å². The summed E-state index contributed by atoms with van der Waals surface area (Å²) in [7, 11) is 5.83. The number of nitrogens with one attached hydrogen (secondary N) is 1. The van der Waals surface area contributed by atoms with Crippen molar-refractivity contribution in [2.75, 3.05) is 33.1 Å². The molecule has 1 aromatic rings. The molecule has 1 aliphatic rings. The first kappa shape index (κ1) is 11.6. The molecule has 16 heavy (non-hydrogen) atoms. The first-order valence-electron chi connectivity index (χ1n) is 5.38. The highest BCUT2D eigenvalue weighted by Gasteiger charge is 2.26. The summed E-state index contributed by atoms with van der Waals surface area (Å²) in [5.41, 5.74) is 2.23. The summed E-state index contributed by atoms with van der Waals surface area (Å²) >= 11 is 6.19. The van der Waals surface area contributed by atoms with Gasteiger partial charge in [-0.25, -0.2) is 0 Å². The fourth-order valence-corrected chi connectivity index (χ4v) is 2.42. The zero-order chi connectivity index (χ0) is 11.7. The molecule has 1 heterocycles. The second-order valence-electron chi connectivity index (χ2n) is 4.41. The molecule has 0 saturated carbocycles. The number of likely N-dealkylation sites (N-methyl/N-ethyl adjacent to an activating group) is 1. The standard InChI is InChI=1S/C12H17ClN2O/c1-15(2)7-8-6-9-10(13)4-5-11(16-3)12(9)14-8/h4-5,8,14H,6-7H2,1-3H3. The molecule has 0 spiro atoms. The minimum absolute atomic E-state index is 0.416. The number of hydrogen-bond donors (Lipinski definition) is 1. The van der Waals surface area contributed by atoms with Crippen LogP contribution in [0.25, 0.3) is 0 Å². The fraction of sp³-hybridized carbons (Fsp3) is 0.500. The van der Waals surface area contributed by atoms with Crippen molar-refractivity contribution in [2.45, 2.75) is 12.5 Å². The number of anilines is 1. The molecule has 0 saturated heterocycles. The Morgan fingerprint density at radius 3 is 2.88 bits per heavy atom. The third-order valence-electron chi connectivity index (χ3n) is 2.82. The van der Waals surface area contributed by atoms with Crippen LogP contribution in [0.2, 0.25) is 5.02 Å². The van der Waals surface area contributed by atoms with Crippen LogP contribution in [0.5, 0.6) is 5.75 Å². The maximum absolute atomic E-state index is 6.19. The van der Waals surface area contributed by atoms with Crippen LogP contribution in [0.1, 0.15) is 5.56 Å². The van der Waals surface area contributed by atoms with E-state index in [9.17, 15) is 0 Å². The average Bonchev–Trinajstić information content (AvgIpc) is 2.62. The molecule has 0 amide bonds.